The zero-order valence-electron chi connectivity index (χ0n) is 18.5. The summed E-state index contributed by atoms with van der Waals surface area (Å²) < 4.78 is 11.1. The van der Waals surface area contributed by atoms with Crippen molar-refractivity contribution in [3.05, 3.63) is 81.7 Å². The molecule has 1 aromatic heterocycles. The summed E-state index contributed by atoms with van der Waals surface area (Å²) in [5.41, 5.74) is 3.64. The molecule has 0 aliphatic carbocycles. The summed E-state index contributed by atoms with van der Waals surface area (Å²) >= 11 is 5.99. The third-order valence-corrected chi connectivity index (χ3v) is 6.09. The molecule has 1 amide bonds. The van der Waals surface area contributed by atoms with E-state index < -0.39 is 0 Å². The molecule has 1 saturated heterocycles. The lowest BCUT2D eigenvalue weighted by atomic mass is 10.1. The van der Waals surface area contributed by atoms with Crippen molar-refractivity contribution in [3.8, 4) is 5.75 Å². The summed E-state index contributed by atoms with van der Waals surface area (Å²) in [6, 6.07) is 15.4. The van der Waals surface area contributed by atoms with Crippen molar-refractivity contribution < 1.29 is 14.1 Å². The fourth-order valence-electron chi connectivity index (χ4n) is 3.95. The molecular formula is C25H28ClN3O3. The Morgan fingerprint density at radius 3 is 2.66 bits per heavy atom. The molecular weight excluding hydrogens is 426 g/mol. The number of halogens is 1. The van der Waals surface area contributed by atoms with Gasteiger partial charge in [0.2, 0.25) is 0 Å². The van der Waals surface area contributed by atoms with Gasteiger partial charge in [-0.1, -0.05) is 35.0 Å². The molecule has 0 unspecified atom stereocenters. The summed E-state index contributed by atoms with van der Waals surface area (Å²) in [7, 11) is 0. The average Bonchev–Trinajstić information content (AvgIpc) is 2.98. The molecule has 32 heavy (non-hydrogen) atoms. The number of amides is 1. The van der Waals surface area contributed by atoms with Crippen LogP contribution < -0.4 is 4.74 Å². The second-order valence-corrected chi connectivity index (χ2v) is 8.60. The molecule has 0 atom stereocenters. The van der Waals surface area contributed by atoms with E-state index in [0.717, 1.165) is 54.6 Å². The zero-order valence-corrected chi connectivity index (χ0v) is 19.3. The molecule has 0 spiro atoms. The number of carbonyl (C=O) groups excluding carboxylic acids is 1. The molecule has 0 bridgehead atoms. The van der Waals surface area contributed by atoms with E-state index in [1.165, 1.54) is 5.56 Å². The summed E-state index contributed by atoms with van der Waals surface area (Å²) in [5, 5.41) is 4.70. The van der Waals surface area contributed by atoms with E-state index in [1.54, 1.807) is 0 Å². The van der Waals surface area contributed by atoms with Crippen molar-refractivity contribution in [2.45, 2.75) is 33.4 Å². The van der Waals surface area contributed by atoms with Gasteiger partial charge < -0.3 is 14.2 Å². The van der Waals surface area contributed by atoms with Crippen molar-refractivity contribution in [3.63, 3.8) is 0 Å². The van der Waals surface area contributed by atoms with Crippen LogP contribution in [0.25, 0.3) is 0 Å². The highest BCUT2D eigenvalue weighted by Crippen LogP contribution is 2.20. The number of carbonyl (C=O) groups is 1. The predicted molar refractivity (Wildman–Crippen MR) is 124 cm³/mol. The van der Waals surface area contributed by atoms with E-state index in [0.29, 0.717) is 24.5 Å². The number of hydrogen-bond acceptors (Lipinski definition) is 5. The van der Waals surface area contributed by atoms with Gasteiger partial charge in [-0.25, -0.2) is 0 Å². The molecule has 0 N–H and O–H groups in total. The third kappa shape index (κ3) is 5.50. The Labute approximate surface area is 193 Å². The smallest absolute Gasteiger partial charge is 0.254 e. The number of nitrogens with zero attached hydrogens (tertiary/aromatic N) is 3. The van der Waals surface area contributed by atoms with Crippen molar-refractivity contribution in [2.75, 3.05) is 26.2 Å². The third-order valence-electron chi connectivity index (χ3n) is 5.84. The van der Waals surface area contributed by atoms with E-state index in [1.807, 2.05) is 55.1 Å². The van der Waals surface area contributed by atoms with Gasteiger partial charge in [-0.15, -0.1) is 0 Å². The molecule has 2 aromatic carbocycles. The van der Waals surface area contributed by atoms with Gasteiger partial charge in [0.15, 0.2) is 0 Å². The molecule has 0 saturated carbocycles. The second kappa shape index (κ2) is 10.2. The summed E-state index contributed by atoms with van der Waals surface area (Å²) in [6.07, 6.45) is 0.946. The normalized spacial score (nSPS) is 14.9. The summed E-state index contributed by atoms with van der Waals surface area (Å²) in [5.74, 6) is 1.46. The molecule has 1 fully saturated rings. The molecule has 168 valence electrons. The first-order valence-corrected chi connectivity index (χ1v) is 11.3. The van der Waals surface area contributed by atoms with Gasteiger partial charge in [-0.2, -0.15) is 0 Å². The molecule has 4 rings (SSSR count). The topological polar surface area (TPSA) is 58.8 Å². The van der Waals surface area contributed by atoms with Crippen LogP contribution in [-0.4, -0.2) is 47.0 Å². The quantitative estimate of drug-likeness (QED) is 0.532. The number of ether oxygens (including phenoxy) is 1. The Kier molecular flexibility index (Phi) is 7.12. The lowest BCUT2D eigenvalue weighted by molar-refractivity contribution is 0.0760. The Morgan fingerprint density at radius 2 is 1.91 bits per heavy atom. The van der Waals surface area contributed by atoms with Crippen molar-refractivity contribution in [1.82, 2.24) is 15.0 Å². The maximum atomic E-state index is 13.2. The average molecular weight is 454 g/mol. The lowest BCUT2D eigenvalue weighted by Gasteiger charge is -2.22. The maximum absolute atomic E-state index is 13.2. The van der Waals surface area contributed by atoms with Crippen LogP contribution in [0.5, 0.6) is 5.75 Å². The minimum Gasteiger partial charge on any atom is -0.489 e. The Hall–Kier alpha value is -2.83. The first-order valence-electron chi connectivity index (χ1n) is 10.9. The van der Waals surface area contributed by atoms with Crippen LogP contribution in [0.15, 0.2) is 53.1 Å². The van der Waals surface area contributed by atoms with Crippen molar-refractivity contribution in [1.29, 1.82) is 0 Å². The highest BCUT2D eigenvalue weighted by atomic mass is 35.5. The fraction of sp³-hybridized carbons (Fsp3) is 0.360. The Bertz CT molecular complexity index is 1050. The second-order valence-electron chi connectivity index (χ2n) is 8.17. The van der Waals surface area contributed by atoms with Gasteiger partial charge >= 0.3 is 0 Å². The van der Waals surface area contributed by atoms with E-state index in [9.17, 15) is 4.79 Å². The molecule has 1 aliphatic heterocycles. The number of hydrogen-bond donors (Lipinski definition) is 0. The standard InChI is InChI=1S/C25H28ClN3O3/c1-18-24(19(2)32-27-18)17-31-23-6-3-5-21(15-23)25(30)29-12-4-11-28(13-14-29)16-20-7-9-22(26)10-8-20/h3,5-10,15H,4,11-14,16-17H2,1-2H3. The highest BCUT2D eigenvalue weighted by molar-refractivity contribution is 6.30. The van der Waals surface area contributed by atoms with Crippen molar-refractivity contribution in [2.24, 2.45) is 0 Å². The van der Waals surface area contributed by atoms with Crippen LogP contribution in [-0.2, 0) is 13.2 Å². The number of aryl methyl sites for hydroxylation is 2. The molecule has 2 heterocycles. The fourth-order valence-corrected chi connectivity index (χ4v) is 4.07. The van der Waals surface area contributed by atoms with Gasteiger partial charge in [-0.05, 0) is 56.2 Å². The largest absolute Gasteiger partial charge is 0.489 e. The summed E-state index contributed by atoms with van der Waals surface area (Å²) in [4.78, 5) is 17.5. The van der Waals surface area contributed by atoms with Crippen LogP contribution >= 0.6 is 11.6 Å². The van der Waals surface area contributed by atoms with Crippen LogP contribution in [0.1, 0.15) is 39.4 Å². The number of rotatable bonds is 6. The maximum Gasteiger partial charge on any atom is 0.254 e. The number of benzene rings is 2. The van der Waals surface area contributed by atoms with E-state index in [4.69, 9.17) is 20.9 Å². The number of aromatic nitrogens is 1. The molecule has 3 aromatic rings. The van der Waals surface area contributed by atoms with Crippen LogP contribution in [0.2, 0.25) is 5.02 Å². The molecule has 6 nitrogen and oxygen atoms in total. The van der Waals surface area contributed by atoms with Gasteiger partial charge in [0.05, 0.1) is 11.3 Å². The SMILES string of the molecule is Cc1noc(C)c1COc1cccc(C(=O)N2CCCN(Cc3ccc(Cl)cc3)CC2)c1. The zero-order chi connectivity index (χ0) is 22.5. The van der Waals surface area contributed by atoms with E-state index >= 15 is 0 Å². The molecule has 0 radical (unpaired) electrons. The van der Waals surface area contributed by atoms with Gasteiger partial charge in [0, 0.05) is 43.3 Å². The van der Waals surface area contributed by atoms with Gasteiger partial charge in [0.1, 0.15) is 18.1 Å². The summed E-state index contributed by atoms with van der Waals surface area (Å²) in [6.45, 7) is 8.26. The lowest BCUT2D eigenvalue weighted by Crippen LogP contribution is -2.35. The molecule has 1 aliphatic rings. The highest BCUT2D eigenvalue weighted by Gasteiger charge is 2.21. The first-order chi connectivity index (χ1) is 15.5. The van der Waals surface area contributed by atoms with Gasteiger partial charge in [0.25, 0.3) is 5.91 Å². The van der Waals surface area contributed by atoms with Crippen molar-refractivity contribution >= 4 is 17.5 Å². The van der Waals surface area contributed by atoms with Crippen LogP contribution in [0.4, 0.5) is 0 Å². The van der Waals surface area contributed by atoms with Crippen LogP contribution in [0, 0.1) is 13.8 Å². The van der Waals surface area contributed by atoms with Crippen LogP contribution in [0.3, 0.4) is 0 Å². The minimum absolute atomic E-state index is 0.0427. The monoisotopic (exact) mass is 453 g/mol. The van der Waals surface area contributed by atoms with E-state index in [2.05, 4.69) is 22.2 Å². The Balaban J connectivity index is 1.35. The predicted octanol–water partition coefficient (Wildman–Crippen LogP) is 4.87. The molecule has 7 heteroatoms. The van der Waals surface area contributed by atoms with E-state index in [-0.39, 0.29) is 5.91 Å². The minimum atomic E-state index is 0.0427. The Morgan fingerprint density at radius 1 is 1.09 bits per heavy atom. The van der Waals surface area contributed by atoms with Gasteiger partial charge in [-0.3, -0.25) is 9.69 Å². The first kappa shape index (κ1) is 22.4.